The number of nitrogens with zero attached hydrogens (tertiary/aromatic N) is 1. The standard InChI is InChI=1S/C19H30N2OS/c1-13(2)21(14(3)4)10-9-19(5)12-20-18(23)16-8-7-15(22-6)11-17(16)19/h7-8,11,13-14H,9-10,12H2,1-6H3,(H,20,23). The third kappa shape index (κ3) is 3.86. The summed E-state index contributed by atoms with van der Waals surface area (Å²) in [5, 5.41) is 3.42. The van der Waals surface area contributed by atoms with E-state index >= 15 is 0 Å². The monoisotopic (exact) mass is 334 g/mol. The van der Waals surface area contributed by atoms with Crippen LogP contribution >= 0.6 is 12.2 Å². The molecule has 0 aromatic heterocycles. The van der Waals surface area contributed by atoms with Gasteiger partial charge in [0, 0.05) is 29.6 Å². The van der Waals surface area contributed by atoms with E-state index in [9.17, 15) is 0 Å². The van der Waals surface area contributed by atoms with Crippen molar-refractivity contribution in [2.24, 2.45) is 0 Å². The lowest BCUT2D eigenvalue weighted by atomic mass is 9.74. The SMILES string of the molecule is COc1ccc2c(c1)C(C)(CCN(C(C)C)C(C)C)CNC2=S. The van der Waals surface area contributed by atoms with Crippen LogP contribution in [0.2, 0.25) is 0 Å². The maximum Gasteiger partial charge on any atom is 0.119 e. The second-order valence-electron chi connectivity index (χ2n) is 7.33. The van der Waals surface area contributed by atoms with Gasteiger partial charge >= 0.3 is 0 Å². The van der Waals surface area contributed by atoms with E-state index in [1.807, 2.05) is 6.07 Å². The van der Waals surface area contributed by atoms with Crippen LogP contribution in [-0.4, -0.2) is 42.2 Å². The van der Waals surface area contributed by atoms with Gasteiger partial charge in [-0.15, -0.1) is 0 Å². The van der Waals surface area contributed by atoms with Gasteiger partial charge in [0.1, 0.15) is 10.7 Å². The molecule has 0 fully saturated rings. The van der Waals surface area contributed by atoms with E-state index in [1.54, 1.807) is 7.11 Å². The van der Waals surface area contributed by atoms with Crippen LogP contribution in [0, 0.1) is 0 Å². The molecule has 0 bridgehead atoms. The number of fused-ring (bicyclic) bond motifs is 1. The summed E-state index contributed by atoms with van der Waals surface area (Å²) in [7, 11) is 1.72. The number of benzene rings is 1. The minimum absolute atomic E-state index is 0.0637. The Bertz CT molecular complexity index is 562. The molecule has 3 nitrogen and oxygen atoms in total. The zero-order valence-electron chi connectivity index (χ0n) is 15.3. The number of methoxy groups -OCH3 is 1. The average Bonchev–Trinajstić information content (AvgIpc) is 2.50. The molecule has 4 heteroatoms. The van der Waals surface area contributed by atoms with Gasteiger partial charge in [0.2, 0.25) is 0 Å². The first kappa shape index (κ1) is 18.2. The summed E-state index contributed by atoms with van der Waals surface area (Å²) < 4.78 is 5.44. The molecule has 0 radical (unpaired) electrons. The van der Waals surface area contributed by atoms with Crippen molar-refractivity contribution < 1.29 is 4.74 Å². The molecule has 0 aliphatic carbocycles. The van der Waals surface area contributed by atoms with Gasteiger partial charge in [-0.3, -0.25) is 4.90 Å². The summed E-state index contributed by atoms with van der Waals surface area (Å²) in [4.78, 5) is 3.41. The Hall–Kier alpha value is -1.13. The van der Waals surface area contributed by atoms with Crippen LogP contribution in [0.3, 0.4) is 0 Å². The summed E-state index contributed by atoms with van der Waals surface area (Å²) in [6.07, 6.45) is 1.10. The van der Waals surface area contributed by atoms with Gasteiger partial charge in [-0.2, -0.15) is 0 Å². The number of ether oxygens (including phenoxy) is 1. The van der Waals surface area contributed by atoms with Crippen molar-refractivity contribution in [2.75, 3.05) is 20.2 Å². The van der Waals surface area contributed by atoms with Crippen LogP contribution in [0.4, 0.5) is 0 Å². The van der Waals surface area contributed by atoms with Gasteiger partial charge in [0.25, 0.3) is 0 Å². The second-order valence-corrected chi connectivity index (χ2v) is 7.74. The lowest BCUT2D eigenvalue weighted by Crippen LogP contribution is -2.47. The molecule has 0 spiro atoms. The number of hydrogen-bond acceptors (Lipinski definition) is 3. The minimum atomic E-state index is 0.0637. The van der Waals surface area contributed by atoms with Crippen LogP contribution in [0.25, 0.3) is 0 Å². The molecule has 0 saturated carbocycles. The molecule has 1 atom stereocenters. The first-order chi connectivity index (χ1) is 10.8. The molecule has 1 N–H and O–H groups in total. The topological polar surface area (TPSA) is 24.5 Å². The fourth-order valence-corrected chi connectivity index (χ4v) is 3.78. The van der Waals surface area contributed by atoms with E-state index in [0.717, 1.165) is 35.8 Å². The first-order valence-electron chi connectivity index (χ1n) is 8.51. The highest BCUT2D eigenvalue weighted by Gasteiger charge is 2.35. The van der Waals surface area contributed by atoms with Crippen molar-refractivity contribution in [3.63, 3.8) is 0 Å². The fraction of sp³-hybridized carbons (Fsp3) is 0.632. The third-order valence-corrected chi connectivity index (χ3v) is 5.37. The number of thiocarbonyl (C=S) groups is 1. The Balaban J connectivity index is 2.28. The minimum Gasteiger partial charge on any atom is -0.497 e. The zero-order valence-corrected chi connectivity index (χ0v) is 16.1. The average molecular weight is 335 g/mol. The smallest absolute Gasteiger partial charge is 0.119 e. The van der Waals surface area contributed by atoms with E-state index in [4.69, 9.17) is 17.0 Å². The molecule has 1 aromatic rings. The van der Waals surface area contributed by atoms with Crippen LogP contribution in [0.1, 0.15) is 52.2 Å². The van der Waals surface area contributed by atoms with Gasteiger partial charge in [0.15, 0.2) is 0 Å². The first-order valence-corrected chi connectivity index (χ1v) is 8.92. The maximum absolute atomic E-state index is 5.50. The van der Waals surface area contributed by atoms with E-state index in [1.165, 1.54) is 5.56 Å². The molecule has 1 unspecified atom stereocenters. The Morgan fingerprint density at radius 3 is 2.48 bits per heavy atom. The summed E-state index contributed by atoms with van der Waals surface area (Å²) in [5.41, 5.74) is 2.53. The van der Waals surface area contributed by atoms with Gasteiger partial charge in [-0.1, -0.05) is 19.1 Å². The van der Waals surface area contributed by atoms with E-state index in [0.29, 0.717) is 12.1 Å². The number of rotatable bonds is 6. The van der Waals surface area contributed by atoms with Crippen molar-refractivity contribution >= 4 is 17.2 Å². The molecule has 0 amide bonds. The Morgan fingerprint density at radius 1 is 1.26 bits per heavy atom. The lowest BCUT2D eigenvalue weighted by Gasteiger charge is -2.40. The van der Waals surface area contributed by atoms with Crippen molar-refractivity contribution in [1.82, 2.24) is 10.2 Å². The molecular weight excluding hydrogens is 304 g/mol. The van der Waals surface area contributed by atoms with Gasteiger partial charge in [-0.05, 0) is 64.4 Å². The normalized spacial score (nSPS) is 20.8. The van der Waals surface area contributed by atoms with E-state index < -0.39 is 0 Å². The Labute approximate surface area is 146 Å². The van der Waals surface area contributed by atoms with Crippen molar-refractivity contribution in [3.8, 4) is 5.75 Å². The molecule has 1 heterocycles. The van der Waals surface area contributed by atoms with Crippen LogP contribution in [0.5, 0.6) is 5.75 Å². The largest absolute Gasteiger partial charge is 0.497 e. The number of nitrogens with one attached hydrogen (secondary N) is 1. The molecule has 1 aliphatic heterocycles. The highest BCUT2D eigenvalue weighted by atomic mass is 32.1. The van der Waals surface area contributed by atoms with Gasteiger partial charge < -0.3 is 10.1 Å². The zero-order chi connectivity index (χ0) is 17.2. The summed E-state index contributed by atoms with van der Waals surface area (Å²) >= 11 is 5.50. The molecular formula is C19H30N2OS. The highest BCUT2D eigenvalue weighted by molar-refractivity contribution is 7.80. The van der Waals surface area contributed by atoms with Gasteiger partial charge in [-0.25, -0.2) is 0 Å². The summed E-state index contributed by atoms with van der Waals surface area (Å²) in [6.45, 7) is 13.4. The Morgan fingerprint density at radius 2 is 1.91 bits per heavy atom. The molecule has 2 rings (SSSR count). The van der Waals surface area contributed by atoms with Crippen LogP contribution in [0.15, 0.2) is 18.2 Å². The maximum atomic E-state index is 5.50. The van der Waals surface area contributed by atoms with Crippen LogP contribution < -0.4 is 10.1 Å². The Kier molecular flexibility index (Phi) is 5.69. The van der Waals surface area contributed by atoms with Crippen molar-refractivity contribution in [2.45, 2.75) is 58.5 Å². The summed E-state index contributed by atoms with van der Waals surface area (Å²) in [5.74, 6) is 0.907. The predicted octanol–water partition coefficient (Wildman–Crippen LogP) is 3.74. The van der Waals surface area contributed by atoms with Gasteiger partial charge in [0.05, 0.1) is 7.11 Å². The summed E-state index contributed by atoms with van der Waals surface area (Å²) in [6, 6.07) is 7.36. The van der Waals surface area contributed by atoms with E-state index in [2.05, 4.69) is 57.0 Å². The predicted molar refractivity (Wildman–Crippen MR) is 102 cm³/mol. The van der Waals surface area contributed by atoms with Crippen molar-refractivity contribution in [3.05, 3.63) is 29.3 Å². The molecule has 23 heavy (non-hydrogen) atoms. The van der Waals surface area contributed by atoms with E-state index in [-0.39, 0.29) is 5.41 Å². The highest BCUT2D eigenvalue weighted by Crippen LogP contribution is 2.36. The second kappa shape index (κ2) is 7.18. The molecule has 0 saturated heterocycles. The molecule has 128 valence electrons. The quantitative estimate of drug-likeness (QED) is 0.801. The third-order valence-electron chi connectivity index (χ3n) is 5.01. The van der Waals surface area contributed by atoms with Crippen LogP contribution in [-0.2, 0) is 5.41 Å². The molecule has 1 aliphatic rings. The lowest BCUT2D eigenvalue weighted by molar-refractivity contribution is 0.158. The molecule has 1 aromatic carbocycles. The fourth-order valence-electron chi connectivity index (χ4n) is 3.53. The van der Waals surface area contributed by atoms with Crippen molar-refractivity contribution in [1.29, 1.82) is 0 Å². The number of hydrogen-bond donors (Lipinski definition) is 1.